The maximum Gasteiger partial charge on any atom is 0.255 e. The number of amides is 2. The van der Waals surface area contributed by atoms with E-state index in [0.29, 0.717) is 53.4 Å². The van der Waals surface area contributed by atoms with Crippen molar-refractivity contribution in [3.8, 4) is 10.6 Å². The Bertz CT molecular complexity index is 1360. The summed E-state index contributed by atoms with van der Waals surface area (Å²) in [6.45, 7) is 3.78. The van der Waals surface area contributed by atoms with E-state index in [-0.39, 0.29) is 24.4 Å². The van der Waals surface area contributed by atoms with Crippen molar-refractivity contribution in [3.05, 3.63) is 62.6 Å². The molecule has 0 unspecified atom stereocenters. The molecule has 2 aliphatic heterocycles. The number of thiophene rings is 1. The zero-order valence-electron chi connectivity index (χ0n) is 21.5. The number of halogens is 2. The van der Waals surface area contributed by atoms with Gasteiger partial charge in [0.1, 0.15) is 11.7 Å². The SMILES string of the molecule is C[C@H](C(=O)N[C@H](CN)c1cccc(Cl)c1)N1CCc2sc(-c3nc(NC4CCOCC4)ncc3Cl)cc2C1=O. The van der Waals surface area contributed by atoms with Crippen LogP contribution in [0, 0.1) is 0 Å². The summed E-state index contributed by atoms with van der Waals surface area (Å²) in [6, 6.07) is 8.19. The third-order valence-electron chi connectivity index (χ3n) is 7.06. The van der Waals surface area contributed by atoms with Crippen molar-refractivity contribution < 1.29 is 14.3 Å². The number of hydrogen-bond donors (Lipinski definition) is 3. The summed E-state index contributed by atoms with van der Waals surface area (Å²) in [5.74, 6) is 0.0274. The Labute approximate surface area is 241 Å². The highest BCUT2D eigenvalue weighted by atomic mass is 35.5. The molecule has 2 aromatic heterocycles. The van der Waals surface area contributed by atoms with Crippen molar-refractivity contribution in [3.63, 3.8) is 0 Å². The van der Waals surface area contributed by atoms with E-state index in [1.165, 1.54) is 11.3 Å². The Balaban J connectivity index is 1.30. The van der Waals surface area contributed by atoms with Crippen molar-refractivity contribution >= 4 is 52.3 Å². The van der Waals surface area contributed by atoms with E-state index in [1.807, 2.05) is 18.2 Å². The average molecular weight is 590 g/mol. The number of ether oxygens (including phenoxy) is 1. The van der Waals surface area contributed by atoms with Crippen LogP contribution in [0.25, 0.3) is 10.6 Å². The monoisotopic (exact) mass is 588 g/mol. The molecular formula is C27H30Cl2N6O3S. The van der Waals surface area contributed by atoms with Gasteiger partial charge in [-0.05, 0) is 43.5 Å². The van der Waals surface area contributed by atoms with Crippen molar-refractivity contribution in [2.45, 2.75) is 44.3 Å². The maximum atomic E-state index is 13.5. The molecule has 2 aliphatic rings. The molecule has 2 atom stereocenters. The van der Waals surface area contributed by atoms with Crippen molar-refractivity contribution in [1.29, 1.82) is 0 Å². The summed E-state index contributed by atoms with van der Waals surface area (Å²) in [5, 5.41) is 7.31. The second-order valence-electron chi connectivity index (χ2n) is 9.65. The fourth-order valence-corrected chi connectivity index (χ4v) is 6.42. The second kappa shape index (κ2) is 12.2. The molecule has 9 nitrogen and oxygen atoms in total. The fraction of sp³-hybridized carbons (Fsp3) is 0.407. The highest BCUT2D eigenvalue weighted by molar-refractivity contribution is 7.16. The van der Waals surface area contributed by atoms with Crippen LogP contribution >= 0.6 is 34.5 Å². The molecule has 3 aromatic rings. The highest BCUT2D eigenvalue weighted by Crippen LogP contribution is 2.37. The number of benzene rings is 1. The number of hydrogen-bond acceptors (Lipinski definition) is 8. The summed E-state index contributed by atoms with van der Waals surface area (Å²) >= 11 is 14.1. The van der Waals surface area contributed by atoms with E-state index in [1.54, 1.807) is 30.2 Å². The Morgan fingerprint density at radius 3 is 2.82 bits per heavy atom. The molecule has 4 heterocycles. The number of fused-ring (bicyclic) bond motifs is 1. The van der Waals surface area contributed by atoms with Crippen LogP contribution in [0.3, 0.4) is 0 Å². The highest BCUT2D eigenvalue weighted by Gasteiger charge is 2.34. The largest absolute Gasteiger partial charge is 0.381 e. The first kappa shape index (κ1) is 27.8. The average Bonchev–Trinajstić information content (AvgIpc) is 3.38. The van der Waals surface area contributed by atoms with E-state index < -0.39 is 12.1 Å². The van der Waals surface area contributed by atoms with E-state index in [0.717, 1.165) is 28.2 Å². The van der Waals surface area contributed by atoms with Gasteiger partial charge in [-0.15, -0.1) is 11.3 Å². The molecule has 0 saturated carbocycles. The molecule has 1 saturated heterocycles. The number of rotatable bonds is 8. The van der Waals surface area contributed by atoms with E-state index in [4.69, 9.17) is 33.7 Å². The molecule has 0 aliphatic carbocycles. The fourth-order valence-electron chi connectivity index (χ4n) is 4.83. The smallest absolute Gasteiger partial charge is 0.255 e. The first-order valence-corrected chi connectivity index (χ1v) is 14.5. The van der Waals surface area contributed by atoms with Crippen LogP contribution in [0.1, 0.15) is 46.6 Å². The zero-order valence-corrected chi connectivity index (χ0v) is 23.8. The molecule has 1 fully saturated rings. The van der Waals surface area contributed by atoms with Gasteiger partial charge in [0.15, 0.2) is 0 Å². The van der Waals surface area contributed by atoms with Crippen LogP contribution < -0.4 is 16.4 Å². The van der Waals surface area contributed by atoms with Gasteiger partial charge in [0.25, 0.3) is 5.91 Å². The van der Waals surface area contributed by atoms with Gasteiger partial charge < -0.3 is 26.0 Å². The van der Waals surface area contributed by atoms with Crippen LogP contribution in [0.15, 0.2) is 36.5 Å². The molecule has 0 radical (unpaired) electrons. The lowest BCUT2D eigenvalue weighted by Gasteiger charge is -2.32. The van der Waals surface area contributed by atoms with Crippen molar-refractivity contribution in [2.75, 3.05) is 31.6 Å². The molecular weight excluding hydrogens is 559 g/mol. The molecule has 206 valence electrons. The first-order valence-electron chi connectivity index (χ1n) is 12.9. The third kappa shape index (κ3) is 6.20. The summed E-state index contributed by atoms with van der Waals surface area (Å²) < 4.78 is 5.42. The van der Waals surface area contributed by atoms with E-state index in [2.05, 4.69) is 20.6 Å². The minimum Gasteiger partial charge on any atom is -0.381 e. The Kier molecular flexibility index (Phi) is 8.68. The number of carbonyl (C=O) groups is 2. The Morgan fingerprint density at radius 1 is 1.28 bits per heavy atom. The third-order valence-corrected chi connectivity index (χ3v) is 8.78. The van der Waals surface area contributed by atoms with Gasteiger partial charge in [0.05, 0.1) is 27.7 Å². The topological polar surface area (TPSA) is 122 Å². The molecule has 4 N–H and O–H groups in total. The number of nitrogens with zero attached hydrogens (tertiary/aromatic N) is 3. The van der Waals surface area contributed by atoms with Crippen molar-refractivity contribution in [2.24, 2.45) is 5.73 Å². The number of nitrogens with two attached hydrogens (primary N) is 1. The quantitative estimate of drug-likeness (QED) is 0.358. The van der Waals surface area contributed by atoms with Crippen LogP contribution in [0.2, 0.25) is 10.0 Å². The molecule has 12 heteroatoms. The predicted octanol–water partition coefficient (Wildman–Crippen LogP) is 4.31. The first-order chi connectivity index (χ1) is 18.8. The summed E-state index contributed by atoms with van der Waals surface area (Å²) in [6.07, 6.45) is 3.98. The van der Waals surface area contributed by atoms with Gasteiger partial charge in [-0.3, -0.25) is 9.59 Å². The van der Waals surface area contributed by atoms with E-state index in [9.17, 15) is 9.59 Å². The normalized spacial score (nSPS) is 17.4. The standard InChI is InChI=1S/C27H30Cl2N6O3S/c1-15(25(36)33-21(13-30)16-3-2-4-17(28)11-16)35-8-5-22-19(26(35)37)12-23(39-22)24-20(29)14-31-27(34-24)32-18-6-9-38-10-7-18/h2-4,11-12,14-15,18,21H,5-10,13,30H2,1H3,(H,33,36)(H,31,32,34)/t15-,21-/m1/s1. The van der Waals surface area contributed by atoms with Gasteiger partial charge in [-0.1, -0.05) is 35.3 Å². The number of carbonyl (C=O) groups excluding carboxylic acids is 2. The Morgan fingerprint density at radius 2 is 2.08 bits per heavy atom. The van der Waals surface area contributed by atoms with Gasteiger partial charge >= 0.3 is 0 Å². The van der Waals surface area contributed by atoms with E-state index >= 15 is 0 Å². The summed E-state index contributed by atoms with van der Waals surface area (Å²) in [7, 11) is 0. The van der Waals surface area contributed by atoms with Crippen molar-refractivity contribution in [1.82, 2.24) is 20.2 Å². The van der Waals surface area contributed by atoms with Crippen LogP contribution in [-0.2, 0) is 16.0 Å². The minimum absolute atomic E-state index is 0.195. The minimum atomic E-state index is -0.680. The maximum absolute atomic E-state index is 13.5. The number of aromatic nitrogens is 2. The summed E-state index contributed by atoms with van der Waals surface area (Å²) in [4.78, 5) is 39.0. The Hall–Kier alpha value is -2.76. The lowest BCUT2D eigenvalue weighted by atomic mass is 10.0. The second-order valence-corrected chi connectivity index (χ2v) is 11.6. The van der Waals surface area contributed by atoms with Gasteiger partial charge in [0.2, 0.25) is 11.9 Å². The van der Waals surface area contributed by atoms with Gasteiger partial charge in [-0.25, -0.2) is 9.97 Å². The predicted molar refractivity (Wildman–Crippen MR) is 153 cm³/mol. The number of anilines is 1. The summed E-state index contributed by atoms with van der Waals surface area (Å²) in [5.41, 5.74) is 7.90. The van der Waals surface area contributed by atoms with Crippen LogP contribution in [0.5, 0.6) is 0 Å². The molecule has 0 bridgehead atoms. The molecule has 39 heavy (non-hydrogen) atoms. The molecule has 2 amide bonds. The molecule has 0 spiro atoms. The molecule has 1 aromatic carbocycles. The lowest BCUT2D eigenvalue weighted by molar-refractivity contribution is -0.125. The zero-order chi connectivity index (χ0) is 27.5. The van der Waals surface area contributed by atoms with Gasteiger partial charge in [-0.2, -0.15) is 0 Å². The van der Waals surface area contributed by atoms with Crippen LogP contribution in [-0.4, -0.2) is 65.1 Å². The van der Waals surface area contributed by atoms with Gasteiger partial charge in [0, 0.05) is 48.7 Å². The van der Waals surface area contributed by atoms with Crippen LogP contribution in [0.4, 0.5) is 5.95 Å². The molecule has 5 rings (SSSR count). The lowest BCUT2D eigenvalue weighted by Crippen LogP contribution is -2.51. The number of nitrogens with one attached hydrogen (secondary N) is 2.